The van der Waals surface area contributed by atoms with Gasteiger partial charge in [-0.05, 0) is 31.5 Å². The second kappa shape index (κ2) is 5.50. The highest BCUT2D eigenvalue weighted by molar-refractivity contribution is 6.30. The van der Waals surface area contributed by atoms with Crippen molar-refractivity contribution in [1.29, 1.82) is 0 Å². The lowest BCUT2D eigenvalue weighted by molar-refractivity contribution is -0.237. The lowest BCUT2D eigenvalue weighted by Gasteiger charge is -2.26. The summed E-state index contributed by atoms with van der Waals surface area (Å²) in [7, 11) is 1.55. The number of rotatable bonds is 3. The average molecular weight is 315 g/mol. The zero-order chi connectivity index (χ0) is 15.2. The molecule has 0 bridgehead atoms. The Balaban J connectivity index is 1.83. The topological polar surface area (TPSA) is 57.2 Å². The molecule has 0 spiro atoms. The van der Waals surface area contributed by atoms with Gasteiger partial charge < -0.3 is 24.1 Å². The van der Waals surface area contributed by atoms with E-state index in [4.69, 9.17) is 30.5 Å². The number of methoxy groups -OCH3 is 1. The van der Waals surface area contributed by atoms with Crippen LogP contribution in [0.15, 0.2) is 24.3 Å². The fourth-order valence-electron chi connectivity index (χ4n) is 2.88. The van der Waals surface area contributed by atoms with Crippen LogP contribution in [0.3, 0.4) is 0 Å². The fourth-order valence-corrected chi connectivity index (χ4v) is 3.01. The molecule has 0 amide bonds. The molecule has 6 heteroatoms. The van der Waals surface area contributed by atoms with E-state index in [-0.39, 0.29) is 12.2 Å². The average Bonchev–Trinajstić information content (AvgIpc) is 2.91. The smallest absolute Gasteiger partial charge is 0.186 e. The van der Waals surface area contributed by atoms with E-state index in [1.54, 1.807) is 31.4 Å². The van der Waals surface area contributed by atoms with Crippen LogP contribution in [0.5, 0.6) is 0 Å². The van der Waals surface area contributed by atoms with Crippen LogP contribution < -0.4 is 0 Å². The van der Waals surface area contributed by atoms with Gasteiger partial charge in [-0.15, -0.1) is 0 Å². The molecule has 116 valence electrons. The predicted molar refractivity (Wildman–Crippen MR) is 75.9 cm³/mol. The van der Waals surface area contributed by atoms with E-state index >= 15 is 0 Å². The summed E-state index contributed by atoms with van der Waals surface area (Å²) >= 11 is 5.87. The molecule has 2 aliphatic rings. The number of aliphatic hydroxyl groups excluding tert-OH is 1. The van der Waals surface area contributed by atoms with Crippen LogP contribution in [0.25, 0.3) is 0 Å². The maximum Gasteiger partial charge on any atom is 0.186 e. The lowest BCUT2D eigenvalue weighted by Crippen LogP contribution is -2.34. The maximum absolute atomic E-state index is 10.6. The molecule has 0 unspecified atom stereocenters. The first-order valence-electron chi connectivity index (χ1n) is 6.89. The van der Waals surface area contributed by atoms with Gasteiger partial charge in [-0.3, -0.25) is 0 Å². The molecule has 2 fully saturated rings. The summed E-state index contributed by atoms with van der Waals surface area (Å²) in [5.74, 6) is -0.714. The van der Waals surface area contributed by atoms with Crippen LogP contribution in [0.2, 0.25) is 5.02 Å². The molecular formula is C15H19ClO5. The number of ether oxygens (including phenoxy) is 4. The van der Waals surface area contributed by atoms with Gasteiger partial charge in [-0.2, -0.15) is 0 Å². The Labute approximate surface area is 128 Å². The Morgan fingerprint density at radius 3 is 2.43 bits per heavy atom. The first kappa shape index (κ1) is 15.2. The Bertz CT molecular complexity index is 503. The Morgan fingerprint density at radius 2 is 1.81 bits per heavy atom. The summed E-state index contributed by atoms with van der Waals surface area (Å²) in [4.78, 5) is 0. The number of fused-ring (bicyclic) bond motifs is 1. The molecule has 21 heavy (non-hydrogen) atoms. The summed E-state index contributed by atoms with van der Waals surface area (Å²) in [6.07, 6.45) is -2.67. The van der Waals surface area contributed by atoms with Gasteiger partial charge in [0, 0.05) is 12.1 Å². The van der Waals surface area contributed by atoms with Crippen molar-refractivity contribution in [3.8, 4) is 0 Å². The highest BCUT2D eigenvalue weighted by Crippen LogP contribution is 2.42. The van der Waals surface area contributed by atoms with Gasteiger partial charge in [-0.25, -0.2) is 0 Å². The molecule has 0 aliphatic carbocycles. The largest absolute Gasteiger partial charge is 0.386 e. The second-order valence-corrected chi connectivity index (χ2v) is 6.20. The van der Waals surface area contributed by atoms with Gasteiger partial charge in [0.1, 0.15) is 24.4 Å². The Hall–Kier alpha value is -0.690. The summed E-state index contributed by atoms with van der Waals surface area (Å²) < 4.78 is 22.7. The van der Waals surface area contributed by atoms with Gasteiger partial charge in [-0.1, -0.05) is 23.7 Å². The number of benzene rings is 1. The Morgan fingerprint density at radius 1 is 1.19 bits per heavy atom. The third kappa shape index (κ3) is 2.82. The van der Waals surface area contributed by atoms with E-state index in [2.05, 4.69) is 0 Å². The molecule has 5 atom stereocenters. The van der Waals surface area contributed by atoms with E-state index in [1.807, 2.05) is 13.8 Å². The molecule has 1 aromatic rings. The third-order valence-electron chi connectivity index (χ3n) is 3.80. The molecule has 2 saturated heterocycles. The van der Waals surface area contributed by atoms with E-state index in [0.717, 1.165) is 0 Å². The van der Waals surface area contributed by atoms with Crippen LogP contribution in [0, 0.1) is 0 Å². The van der Waals surface area contributed by atoms with Gasteiger partial charge >= 0.3 is 0 Å². The number of hydrogen-bond acceptors (Lipinski definition) is 5. The highest BCUT2D eigenvalue weighted by atomic mass is 35.5. The van der Waals surface area contributed by atoms with Crippen LogP contribution >= 0.6 is 11.6 Å². The molecule has 1 N–H and O–H groups in total. The van der Waals surface area contributed by atoms with Gasteiger partial charge in [0.05, 0.1) is 0 Å². The zero-order valence-corrected chi connectivity index (χ0v) is 12.9. The number of halogens is 1. The minimum Gasteiger partial charge on any atom is -0.386 e. The summed E-state index contributed by atoms with van der Waals surface area (Å²) in [6.45, 7) is 3.67. The normalized spacial score (nSPS) is 35.7. The third-order valence-corrected chi connectivity index (χ3v) is 4.05. The van der Waals surface area contributed by atoms with Crippen molar-refractivity contribution in [3.63, 3.8) is 0 Å². The van der Waals surface area contributed by atoms with Crippen LogP contribution in [-0.4, -0.2) is 42.6 Å². The Kier molecular flexibility index (Phi) is 3.98. The van der Waals surface area contributed by atoms with Crippen LogP contribution in [0.4, 0.5) is 0 Å². The first-order valence-corrected chi connectivity index (χ1v) is 7.26. The SMILES string of the molecule is CO[C@H]1O[C@H]([C@@H](O)c2ccc(Cl)cc2)[C@@H]2OC(C)(C)O[C@H]12. The predicted octanol–water partition coefficient (Wildman–Crippen LogP) is 2.26. The minimum atomic E-state index is -0.840. The van der Waals surface area contributed by atoms with Crippen molar-refractivity contribution in [2.75, 3.05) is 7.11 Å². The summed E-state index contributed by atoms with van der Waals surface area (Å²) in [5, 5.41) is 11.2. The highest BCUT2D eigenvalue weighted by Gasteiger charge is 2.57. The van der Waals surface area contributed by atoms with Crippen molar-refractivity contribution in [1.82, 2.24) is 0 Å². The molecule has 2 heterocycles. The molecule has 3 rings (SSSR count). The minimum absolute atomic E-state index is 0.350. The van der Waals surface area contributed by atoms with Gasteiger partial charge in [0.2, 0.25) is 0 Å². The van der Waals surface area contributed by atoms with E-state index in [1.165, 1.54) is 0 Å². The molecular weight excluding hydrogens is 296 g/mol. The first-order chi connectivity index (χ1) is 9.91. The van der Waals surface area contributed by atoms with Gasteiger partial charge in [0.25, 0.3) is 0 Å². The monoisotopic (exact) mass is 314 g/mol. The quantitative estimate of drug-likeness (QED) is 0.927. The molecule has 0 aromatic heterocycles. The standard InChI is InChI=1S/C15H19ClO5/c1-15(2)20-12-11(19-14(18-3)13(12)21-15)10(17)8-4-6-9(16)7-5-8/h4-7,10-14,17H,1-3H3/t10-,11+,12-,13-,14-/m0/s1. The maximum atomic E-state index is 10.6. The molecule has 0 radical (unpaired) electrons. The van der Waals surface area contributed by atoms with E-state index in [9.17, 15) is 5.11 Å². The van der Waals surface area contributed by atoms with Crippen molar-refractivity contribution in [3.05, 3.63) is 34.9 Å². The number of hydrogen-bond donors (Lipinski definition) is 1. The molecule has 2 aliphatic heterocycles. The summed E-state index contributed by atoms with van der Waals surface area (Å²) in [6, 6.07) is 7.01. The van der Waals surface area contributed by atoms with Crippen molar-refractivity contribution >= 4 is 11.6 Å². The lowest BCUT2D eigenvalue weighted by atomic mass is 9.99. The molecule has 5 nitrogen and oxygen atoms in total. The molecule has 1 aromatic carbocycles. The second-order valence-electron chi connectivity index (χ2n) is 5.77. The van der Waals surface area contributed by atoms with E-state index in [0.29, 0.717) is 10.6 Å². The van der Waals surface area contributed by atoms with Crippen molar-refractivity contribution < 1.29 is 24.1 Å². The van der Waals surface area contributed by atoms with Crippen LogP contribution in [0.1, 0.15) is 25.5 Å². The van der Waals surface area contributed by atoms with Crippen LogP contribution in [-0.2, 0) is 18.9 Å². The summed E-state index contributed by atoms with van der Waals surface area (Å²) in [5.41, 5.74) is 0.716. The molecule has 0 saturated carbocycles. The zero-order valence-electron chi connectivity index (χ0n) is 12.2. The van der Waals surface area contributed by atoms with Crippen molar-refractivity contribution in [2.45, 2.75) is 50.3 Å². The van der Waals surface area contributed by atoms with E-state index < -0.39 is 24.3 Å². The van der Waals surface area contributed by atoms with Crippen molar-refractivity contribution in [2.24, 2.45) is 0 Å². The fraction of sp³-hybridized carbons (Fsp3) is 0.600. The number of aliphatic hydroxyl groups is 1. The van der Waals surface area contributed by atoms with Gasteiger partial charge in [0.15, 0.2) is 12.1 Å².